The quantitative estimate of drug-likeness (QED) is 0.533. The van der Waals surface area contributed by atoms with Crippen LogP contribution in [-0.4, -0.2) is 33.7 Å². The highest BCUT2D eigenvalue weighted by atomic mass is 35.5. The number of hydrogen-bond acceptors (Lipinski definition) is 5. The molecule has 0 saturated carbocycles. The number of methoxy groups -OCH3 is 1. The molecule has 0 atom stereocenters. The second-order valence-electron chi connectivity index (χ2n) is 4.75. The van der Waals surface area contributed by atoms with E-state index in [4.69, 9.17) is 16.3 Å². The number of fused-ring (bicyclic) bond motifs is 1. The van der Waals surface area contributed by atoms with Crippen LogP contribution in [0.15, 0.2) is 35.6 Å². The molecule has 2 heterocycles. The topological polar surface area (TPSA) is 79.9 Å². The number of imidazole rings is 1. The van der Waals surface area contributed by atoms with Crippen LogP contribution in [0.5, 0.6) is 5.75 Å². The average molecular weight is 367 g/mol. The van der Waals surface area contributed by atoms with Crippen molar-refractivity contribution in [1.29, 1.82) is 0 Å². The SMILES string of the molecule is COc1ccc(NC(=O)CSc2nc3cc(Cl)ncc3[nH]2)cc1F. The lowest BCUT2D eigenvalue weighted by Crippen LogP contribution is -2.14. The minimum atomic E-state index is -0.537. The molecule has 2 aromatic heterocycles. The van der Waals surface area contributed by atoms with E-state index in [-0.39, 0.29) is 17.4 Å². The fourth-order valence-electron chi connectivity index (χ4n) is 2.01. The number of anilines is 1. The maximum atomic E-state index is 13.6. The van der Waals surface area contributed by atoms with Crippen LogP contribution < -0.4 is 10.1 Å². The molecular weight excluding hydrogens is 355 g/mol. The Kier molecular flexibility index (Phi) is 4.86. The molecule has 1 amide bonds. The van der Waals surface area contributed by atoms with E-state index in [2.05, 4.69) is 20.3 Å². The zero-order chi connectivity index (χ0) is 17.1. The molecule has 0 fully saturated rings. The zero-order valence-electron chi connectivity index (χ0n) is 12.5. The predicted octanol–water partition coefficient (Wildman–Crippen LogP) is 3.49. The Morgan fingerprint density at radius 1 is 1.46 bits per heavy atom. The molecule has 24 heavy (non-hydrogen) atoms. The Morgan fingerprint density at radius 2 is 2.29 bits per heavy atom. The van der Waals surface area contributed by atoms with E-state index in [1.807, 2.05) is 0 Å². The highest BCUT2D eigenvalue weighted by molar-refractivity contribution is 7.99. The summed E-state index contributed by atoms with van der Waals surface area (Å²) in [5.41, 5.74) is 1.77. The lowest BCUT2D eigenvalue weighted by Gasteiger charge is -2.06. The Morgan fingerprint density at radius 3 is 3.04 bits per heavy atom. The number of nitrogens with one attached hydrogen (secondary N) is 2. The normalized spacial score (nSPS) is 10.8. The second kappa shape index (κ2) is 7.06. The molecule has 0 spiro atoms. The van der Waals surface area contributed by atoms with Gasteiger partial charge in [-0.2, -0.15) is 0 Å². The fourth-order valence-corrected chi connectivity index (χ4v) is 2.84. The lowest BCUT2D eigenvalue weighted by molar-refractivity contribution is -0.113. The van der Waals surface area contributed by atoms with Crippen molar-refractivity contribution in [2.75, 3.05) is 18.2 Å². The molecule has 124 valence electrons. The van der Waals surface area contributed by atoms with Crippen LogP contribution >= 0.6 is 23.4 Å². The number of aromatic amines is 1. The number of ether oxygens (including phenoxy) is 1. The van der Waals surface area contributed by atoms with Crippen LogP contribution in [0.25, 0.3) is 11.0 Å². The van der Waals surface area contributed by atoms with Gasteiger partial charge in [0.05, 0.1) is 30.1 Å². The summed E-state index contributed by atoms with van der Waals surface area (Å²) >= 11 is 7.03. The first-order valence-corrected chi connectivity index (χ1v) is 8.19. The Hall–Kier alpha value is -2.32. The van der Waals surface area contributed by atoms with Gasteiger partial charge >= 0.3 is 0 Å². The summed E-state index contributed by atoms with van der Waals surface area (Å²) < 4.78 is 18.4. The summed E-state index contributed by atoms with van der Waals surface area (Å²) in [6.45, 7) is 0. The molecule has 3 rings (SSSR count). The van der Waals surface area contributed by atoms with Crippen LogP contribution in [0, 0.1) is 5.82 Å². The molecule has 0 aliphatic heterocycles. The van der Waals surface area contributed by atoms with E-state index < -0.39 is 5.82 Å². The number of rotatable bonds is 5. The van der Waals surface area contributed by atoms with E-state index in [9.17, 15) is 9.18 Å². The Balaban J connectivity index is 1.61. The van der Waals surface area contributed by atoms with Gasteiger partial charge in [-0.15, -0.1) is 0 Å². The summed E-state index contributed by atoms with van der Waals surface area (Å²) in [7, 11) is 1.38. The number of aromatic nitrogens is 3. The minimum Gasteiger partial charge on any atom is -0.494 e. The smallest absolute Gasteiger partial charge is 0.234 e. The first-order chi connectivity index (χ1) is 11.5. The molecular formula is C15H12ClFN4O2S. The van der Waals surface area contributed by atoms with Crippen molar-refractivity contribution >= 4 is 46.0 Å². The van der Waals surface area contributed by atoms with Crippen LogP contribution in [-0.2, 0) is 4.79 Å². The fraction of sp³-hybridized carbons (Fsp3) is 0.133. The van der Waals surface area contributed by atoms with Gasteiger partial charge in [-0.3, -0.25) is 4.79 Å². The van der Waals surface area contributed by atoms with Crippen LogP contribution in [0.2, 0.25) is 5.15 Å². The first kappa shape index (κ1) is 16.5. The molecule has 3 aromatic rings. The number of pyridine rings is 1. The maximum Gasteiger partial charge on any atom is 0.234 e. The Bertz CT molecular complexity index is 902. The monoisotopic (exact) mass is 366 g/mol. The standard InChI is InChI=1S/C15H12ClFN4O2S/c1-23-12-3-2-8(4-9(12)17)19-14(22)7-24-15-20-10-5-13(16)18-6-11(10)21-15/h2-6H,7H2,1H3,(H,19,22)(H,20,21). The van der Waals surface area contributed by atoms with Gasteiger partial charge in [-0.05, 0) is 12.1 Å². The number of hydrogen-bond donors (Lipinski definition) is 2. The highest BCUT2D eigenvalue weighted by Crippen LogP contribution is 2.22. The number of H-pyrrole nitrogens is 1. The predicted molar refractivity (Wildman–Crippen MR) is 91.2 cm³/mol. The summed E-state index contributed by atoms with van der Waals surface area (Å²) in [4.78, 5) is 23.3. The summed E-state index contributed by atoms with van der Waals surface area (Å²) in [6.07, 6.45) is 1.58. The largest absolute Gasteiger partial charge is 0.494 e. The van der Waals surface area contributed by atoms with E-state index >= 15 is 0 Å². The lowest BCUT2D eigenvalue weighted by atomic mass is 10.3. The van der Waals surface area contributed by atoms with Gasteiger partial charge in [0, 0.05) is 17.8 Å². The van der Waals surface area contributed by atoms with Crippen LogP contribution in [0.3, 0.4) is 0 Å². The maximum absolute atomic E-state index is 13.6. The van der Waals surface area contributed by atoms with Crippen LogP contribution in [0.1, 0.15) is 0 Å². The molecule has 1 aromatic carbocycles. The highest BCUT2D eigenvalue weighted by Gasteiger charge is 2.10. The van der Waals surface area contributed by atoms with Gasteiger partial charge in [0.15, 0.2) is 16.7 Å². The molecule has 0 radical (unpaired) electrons. The number of benzene rings is 1. The number of halogens is 2. The van der Waals surface area contributed by atoms with Gasteiger partial charge in [-0.25, -0.2) is 14.4 Å². The molecule has 0 unspecified atom stereocenters. The molecule has 0 saturated heterocycles. The average Bonchev–Trinajstić information content (AvgIpc) is 2.95. The van der Waals surface area contributed by atoms with Crippen molar-refractivity contribution in [2.45, 2.75) is 5.16 Å². The third kappa shape index (κ3) is 3.77. The molecule has 2 N–H and O–H groups in total. The van der Waals surface area contributed by atoms with Gasteiger partial charge in [0.2, 0.25) is 5.91 Å². The van der Waals surface area contributed by atoms with Gasteiger partial charge in [-0.1, -0.05) is 23.4 Å². The van der Waals surface area contributed by atoms with Crippen molar-refractivity contribution in [3.63, 3.8) is 0 Å². The molecule has 0 bridgehead atoms. The van der Waals surface area contributed by atoms with E-state index in [1.165, 1.54) is 31.0 Å². The first-order valence-electron chi connectivity index (χ1n) is 6.82. The zero-order valence-corrected chi connectivity index (χ0v) is 14.0. The van der Waals surface area contributed by atoms with E-state index in [0.29, 0.717) is 21.5 Å². The minimum absolute atomic E-state index is 0.120. The van der Waals surface area contributed by atoms with Crippen molar-refractivity contribution in [3.8, 4) is 5.75 Å². The third-order valence-electron chi connectivity index (χ3n) is 3.09. The summed E-state index contributed by atoms with van der Waals surface area (Å²) in [5.74, 6) is -0.572. The number of thioether (sulfide) groups is 1. The number of carbonyl (C=O) groups excluding carboxylic acids is 1. The van der Waals surface area contributed by atoms with Crippen molar-refractivity contribution in [2.24, 2.45) is 0 Å². The van der Waals surface area contributed by atoms with Gasteiger partial charge < -0.3 is 15.0 Å². The molecule has 0 aliphatic carbocycles. The van der Waals surface area contributed by atoms with Crippen molar-refractivity contribution in [3.05, 3.63) is 41.4 Å². The van der Waals surface area contributed by atoms with Crippen LogP contribution in [0.4, 0.5) is 10.1 Å². The number of carbonyl (C=O) groups is 1. The van der Waals surface area contributed by atoms with E-state index in [1.54, 1.807) is 18.3 Å². The number of amides is 1. The second-order valence-corrected chi connectivity index (χ2v) is 6.10. The molecule has 6 nitrogen and oxygen atoms in total. The summed E-state index contributed by atoms with van der Waals surface area (Å²) in [6, 6.07) is 5.86. The van der Waals surface area contributed by atoms with E-state index in [0.717, 1.165) is 5.52 Å². The van der Waals surface area contributed by atoms with Crippen molar-refractivity contribution < 1.29 is 13.9 Å². The Labute approximate surface area is 145 Å². The molecule has 0 aliphatic rings. The van der Waals surface area contributed by atoms with Gasteiger partial charge in [0.1, 0.15) is 5.15 Å². The van der Waals surface area contributed by atoms with Crippen molar-refractivity contribution in [1.82, 2.24) is 15.0 Å². The van der Waals surface area contributed by atoms with Gasteiger partial charge in [0.25, 0.3) is 0 Å². The molecule has 9 heteroatoms. The summed E-state index contributed by atoms with van der Waals surface area (Å²) in [5, 5.41) is 3.54. The third-order valence-corrected chi connectivity index (χ3v) is 4.17. The number of nitrogens with zero attached hydrogens (tertiary/aromatic N) is 2.